The lowest BCUT2D eigenvalue weighted by Crippen LogP contribution is -2.00. The Labute approximate surface area is 377 Å². The molecule has 0 amide bonds. The predicted molar refractivity (Wildman–Crippen MR) is 264 cm³/mol. The molecule has 0 fully saturated rings. The molecule has 0 spiro atoms. The summed E-state index contributed by atoms with van der Waals surface area (Å²) >= 11 is 0. The van der Waals surface area contributed by atoms with Gasteiger partial charge in [-0.2, -0.15) is 0 Å². The van der Waals surface area contributed by atoms with Crippen LogP contribution in [0.25, 0.3) is 133 Å². The highest BCUT2D eigenvalue weighted by Crippen LogP contribution is 2.33. The van der Waals surface area contributed by atoms with Gasteiger partial charge in [0, 0.05) is 84.3 Å². The van der Waals surface area contributed by atoms with Gasteiger partial charge < -0.3 is 0 Å². The second kappa shape index (κ2) is 15.3. The minimum Gasteiger partial charge on any atom is -0.254 e. The van der Waals surface area contributed by atoms with Gasteiger partial charge in [0.1, 0.15) is 0 Å². The Balaban J connectivity index is 0.879. The molecule has 9 nitrogen and oxygen atoms in total. The monoisotopic (exact) mass is 843 g/mol. The van der Waals surface area contributed by atoms with Gasteiger partial charge >= 0.3 is 0 Å². The first-order chi connectivity index (χ1) is 32.6. The maximum atomic E-state index is 5.09. The average molecular weight is 844 g/mol. The van der Waals surface area contributed by atoms with Crippen LogP contribution in [0, 0.1) is 0 Å². The van der Waals surface area contributed by atoms with Gasteiger partial charge in [-0.3, -0.25) is 15.0 Å². The largest absolute Gasteiger partial charge is 0.254 e. The fraction of sp³-hybridized carbons (Fsp3) is 0. The third-order valence-electron chi connectivity index (χ3n) is 12.2. The van der Waals surface area contributed by atoms with Gasteiger partial charge in [-0.25, -0.2) is 29.9 Å². The molecule has 0 aliphatic carbocycles. The summed E-state index contributed by atoms with van der Waals surface area (Å²) < 4.78 is 0. The van der Waals surface area contributed by atoms with E-state index in [-0.39, 0.29) is 0 Å². The van der Waals surface area contributed by atoms with Crippen molar-refractivity contribution in [1.82, 2.24) is 44.9 Å². The van der Waals surface area contributed by atoms with E-state index in [1.54, 1.807) is 0 Å². The predicted octanol–water partition coefficient (Wildman–Crippen LogP) is 13.2. The van der Waals surface area contributed by atoms with Gasteiger partial charge in [0.05, 0.1) is 50.2 Å². The van der Waals surface area contributed by atoms with Crippen LogP contribution in [0.4, 0.5) is 0 Å². The lowest BCUT2D eigenvalue weighted by molar-refractivity contribution is 1.07. The smallest absolute Gasteiger partial charge is 0.164 e. The normalized spacial score (nSPS) is 11.6. The Kier molecular flexibility index (Phi) is 8.63. The first kappa shape index (κ1) is 37.4. The van der Waals surface area contributed by atoms with Crippen molar-refractivity contribution in [2.24, 2.45) is 0 Å². The second-order valence-corrected chi connectivity index (χ2v) is 16.3. The molecule has 0 radical (unpaired) electrons. The zero-order valence-corrected chi connectivity index (χ0v) is 35.1. The van der Waals surface area contributed by atoms with Gasteiger partial charge in [-0.1, -0.05) is 146 Å². The molecule has 0 saturated heterocycles. The van der Waals surface area contributed by atoms with E-state index in [9.17, 15) is 0 Å². The topological polar surface area (TPSA) is 116 Å². The number of nitrogens with zero attached hydrogens (tertiary/aromatic N) is 9. The molecule has 0 unspecified atom stereocenters. The maximum Gasteiger partial charge on any atom is 0.164 e. The summed E-state index contributed by atoms with van der Waals surface area (Å²) in [5.74, 6) is 1.67. The summed E-state index contributed by atoms with van der Waals surface area (Å²) in [5.41, 5.74) is 13.4. The molecule has 0 N–H and O–H groups in total. The van der Waals surface area contributed by atoms with E-state index in [4.69, 9.17) is 29.9 Å². The molecule has 13 aromatic rings. The maximum absolute atomic E-state index is 5.09. The zero-order valence-electron chi connectivity index (χ0n) is 35.1. The summed E-state index contributed by atoms with van der Waals surface area (Å²) in [5, 5.41) is 6.32. The van der Waals surface area contributed by atoms with Gasteiger partial charge in [-0.15, -0.1) is 0 Å². The van der Waals surface area contributed by atoms with Gasteiger partial charge in [0.15, 0.2) is 17.5 Å². The molecule has 306 valence electrons. The van der Waals surface area contributed by atoms with Crippen LogP contribution in [-0.4, -0.2) is 44.9 Å². The summed E-state index contributed by atoms with van der Waals surface area (Å²) in [4.78, 5) is 44.5. The van der Waals surface area contributed by atoms with Crippen molar-refractivity contribution < 1.29 is 0 Å². The van der Waals surface area contributed by atoms with Crippen molar-refractivity contribution in [3.05, 3.63) is 201 Å². The van der Waals surface area contributed by atoms with E-state index >= 15 is 0 Å². The molecule has 9 heteroatoms. The van der Waals surface area contributed by atoms with Crippen LogP contribution in [0.2, 0.25) is 0 Å². The molecule has 0 atom stereocenters. The first-order valence-electron chi connectivity index (χ1n) is 21.7. The third kappa shape index (κ3) is 6.53. The number of pyridine rings is 6. The molecule has 13 rings (SSSR count). The molecule has 0 saturated carbocycles. The number of fused-ring (bicyclic) bond motifs is 9. The molecule has 0 aliphatic heterocycles. The van der Waals surface area contributed by atoms with E-state index in [0.717, 1.165) is 116 Å². The molecule has 6 aromatic carbocycles. The van der Waals surface area contributed by atoms with Crippen LogP contribution in [-0.2, 0) is 0 Å². The number of hydrogen-bond donors (Lipinski definition) is 0. The fourth-order valence-corrected chi connectivity index (χ4v) is 8.79. The van der Waals surface area contributed by atoms with Crippen LogP contribution in [0.5, 0.6) is 0 Å². The zero-order chi connectivity index (χ0) is 43.6. The van der Waals surface area contributed by atoms with E-state index in [2.05, 4.69) is 142 Å². The molecule has 0 bridgehead atoms. The van der Waals surface area contributed by atoms with Crippen molar-refractivity contribution in [1.29, 1.82) is 0 Å². The van der Waals surface area contributed by atoms with Crippen molar-refractivity contribution in [2.75, 3.05) is 0 Å². The lowest BCUT2D eigenvalue weighted by atomic mass is 10.0. The Hall–Kier alpha value is -9.21. The molecule has 0 aliphatic rings. The van der Waals surface area contributed by atoms with Crippen molar-refractivity contribution >= 4 is 65.4 Å². The van der Waals surface area contributed by atoms with E-state index in [1.807, 2.05) is 73.2 Å². The van der Waals surface area contributed by atoms with Crippen molar-refractivity contribution in [3.8, 4) is 67.9 Å². The molecule has 66 heavy (non-hydrogen) atoms. The minimum absolute atomic E-state index is 0.558. The summed E-state index contributed by atoms with van der Waals surface area (Å²) in [6, 6.07) is 61.7. The van der Waals surface area contributed by atoms with Crippen LogP contribution >= 0.6 is 0 Å². The first-order valence-corrected chi connectivity index (χ1v) is 21.7. The van der Waals surface area contributed by atoms with Crippen molar-refractivity contribution in [3.63, 3.8) is 0 Å². The highest BCUT2D eigenvalue weighted by atomic mass is 15.0. The molecular formula is C57H33N9. The second-order valence-electron chi connectivity index (χ2n) is 16.3. The standard InChI is InChI=1S/C57H33N9/c1-4-37-13-16-40-25-28-46(61-52(40)49(37)58-31-1)34-7-19-43(20-8-34)55-64-56(44-21-9-35(10-22-44)47-29-26-41-17-14-38-5-2-32-59-50(38)53(41)62-47)66-57(65-55)45-23-11-36(12-24-45)48-30-27-42-18-15-39-6-3-33-60-51(39)54(42)63-48/h1-33H. The van der Waals surface area contributed by atoms with Gasteiger partial charge in [0.2, 0.25) is 0 Å². The van der Waals surface area contributed by atoms with E-state index in [0.29, 0.717) is 17.5 Å². The lowest BCUT2D eigenvalue weighted by Gasteiger charge is -2.11. The Morgan fingerprint density at radius 1 is 0.197 bits per heavy atom. The molecular weight excluding hydrogens is 811 g/mol. The quantitative estimate of drug-likeness (QED) is 0.151. The SMILES string of the molecule is c1cnc2c(c1)ccc1ccc(-c3ccc(-c4nc(-c5ccc(-c6ccc7ccc8cccnc8c7n6)cc5)nc(-c5ccc(-c6ccc7ccc8cccnc8c7n6)cc5)n4)cc3)nc12. The van der Waals surface area contributed by atoms with Crippen molar-refractivity contribution in [2.45, 2.75) is 0 Å². The molecule has 7 heterocycles. The Morgan fingerprint density at radius 2 is 0.439 bits per heavy atom. The number of benzene rings is 6. The van der Waals surface area contributed by atoms with Crippen LogP contribution in [0.3, 0.4) is 0 Å². The molecule has 7 aromatic heterocycles. The summed E-state index contributed by atoms with van der Waals surface area (Å²) in [6.07, 6.45) is 5.44. The minimum atomic E-state index is 0.558. The average Bonchev–Trinajstić information content (AvgIpc) is 3.40. The number of hydrogen-bond acceptors (Lipinski definition) is 9. The highest BCUT2D eigenvalue weighted by molar-refractivity contribution is 6.05. The number of rotatable bonds is 6. The fourth-order valence-electron chi connectivity index (χ4n) is 8.79. The van der Waals surface area contributed by atoms with E-state index in [1.165, 1.54) is 0 Å². The van der Waals surface area contributed by atoms with Crippen LogP contribution in [0.15, 0.2) is 201 Å². The van der Waals surface area contributed by atoms with Crippen LogP contribution in [0.1, 0.15) is 0 Å². The highest BCUT2D eigenvalue weighted by Gasteiger charge is 2.16. The summed E-state index contributed by atoms with van der Waals surface area (Å²) in [6.45, 7) is 0. The Morgan fingerprint density at radius 3 is 0.727 bits per heavy atom. The van der Waals surface area contributed by atoms with Gasteiger partial charge in [0.25, 0.3) is 0 Å². The Bertz CT molecular complexity index is 3610. The third-order valence-corrected chi connectivity index (χ3v) is 12.2. The van der Waals surface area contributed by atoms with Crippen LogP contribution < -0.4 is 0 Å². The summed E-state index contributed by atoms with van der Waals surface area (Å²) in [7, 11) is 0. The van der Waals surface area contributed by atoms with Gasteiger partial charge in [-0.05, 0) is 36.4 Å². The van der Waals surface area contributed by atoms with E-state index < -0.39 is 0 Å². The number of aromatic nitrogens is 9.